The number of thioether (sulfide) groups is 1. The summed E-state index contributed by atoms with van der Waals surface area (Å²) >= 11 is 3.05. The second-order valence-corrected chi connectivity index (χ2v) is 11.6. The molecule has 2 aromatic heterocycles. The molecule has 1 aromatic carbocycles. The van der Waals surface area contributed by atoms with Crippen molar-refractivity contribution in [1.82, 2.24) is 19.8 Å². The molecule has 8 heteroatoms. The number of rotatable bonds is 6. The fraction of sp³-hybridized carbons (Fsp3) is 0.500. The van der Waals surface area contributed by atoms with Gasteiger partial charge in [-0.1, -0.05) is 17.7 Å². The average Bonchev–Trinajstić information content (AvgIpc) is 3.55. The number of hydrogen-bond donors (Lipinski definition) is 1. The number of H-pyrrole nitrogens is 1. The highest BCUT2D eigenvalue weighted by molar-refractivity contribution is 7.98. The first-order chi connectivity index (χ1) is 16.4. The number of benzene rings is 1. The first-order valence-electron chi connectivity index (χ1n) is 12.2. The van der Waals surface area contributed by atoms with Crippen LogP contribution in [0.1, 0.15) is 57.9 Å². The molecule has 0 saturated carbocycles. The van der Waals surface area contributed by atoms with Gasteiger partial charge in [0.2, 0.25) is 0 Å². The standard InChI is InChI=1S/C26H32N4O2S2/c1-16-8-9-17(2)20(13-16)33-15-21-27-24(31)22-18(3)23(34-25(22)28-21)26(32)30-12-6-7-19(30)14-29-10-4-5-11-29/h8-9,13,19H,4-7,10-12,14-15H2,1-3H3,(H,27,28,31). The van der Waals surface area contributed by atoms with Gasteiger partial charge in [-0.15, -0.1) is 23.1 Å². The SMILES string of the molecule is Cc1ccc(C)c(SCc2nc3sc(C(=O)N4CCCC4CN4CCCC4)c(C)c3c(=O)[nH]2)c1. The molecule has 1 amide bonds. The number of aromatic nitrogens is 2. The summed E-state index contributed by atoms with van der Waals surface area (Å²) in [5.74, 6) is 1.30. The van der Waals surface area contributed by atoms with Crippen molar-refractivity contribution in [1.29, 1.82) is 0 Å². The largest absolute Gasteiger partial charge is 0.334 e. The van der Waals surface area contributed by atoms with Crippen molar-refractivity contribution in [3.8, 4) is 0 Å². The average molecular weight is 497 g/mol. The minimum Gasteiger partial charge on any atom is -0.334 e. The Labute approximate surface area is 208 Å². The van der Waals surface area contributed by atoms with Crippen LogP contribution in [-0.2, 0) is 5.75 Å². The molecule has 1 unspecified atom stereocenters. The second kappa shape index (κ2) is 9.84. The van der Waals surface area contributed by atoms with Gasteiger partial charge in [-0.3, -0.25) is 9.59 Å². The molecule has 34 heavy (non-hydrogen) atoms. The third-order valence-corrected chi connectivity index (χ3v) is 9.40. The third-order valence-electron chi connectivity index (χ3n) is 7.06. The molecular formula is C26H32N4O2S2. The lowest BCUT2D eigenvalue weighted by atomic mass is 10.1. The van der Waals surface area contributed by atoms with Gasteiger partial charge in [-0.05, 0) is 76.7 Å². The van der Waals surface area contributed by atoms with Crippen LogP contribution in [0, 0.1) is 20.8 Å². The van der Waals surface area contributed by atoms with Gasteiger partial charge in [0.25, 0.3) is 11.5 Å². The van der Waals surface area contributed by atoms with Crippen LogP contribution < -0.4 is 5.56 Å². The van der Waals surface area contributed by atoms with Crippen LogP contribution in [0.3, 0.4) is 0 Å². The van der Waals surface area contributed by atoms with E-state index in [1.165, 1.54) is 40.2 Å². The minimum atomic E-state index is -0.149. The molecule has 2 fully saturated rings. The Hall–Kier alpha value is -2.16. The zero-order valence-corrected chi connectivity index (χ0v) is 21.8. The van der Waals surface area contributed by atoms with E-state index in [0.29, 0.717) is 26.7 Å². The van der Waals surface area contributed by atoms with Crippen molar-refractivity contribution >= 4 is 39.2 Å². The fourth-order valence-corrected chi connectivity index (χ4v) is 7.31. The fourth-order valence-electron chi connectivity index (χ4n) is 5.16. The quantitative estimate of drug-likeness (QED) is 0.492. The Kier molecular flexibility index (Phi) is 6.82. The molecule has 5 rings (SSSR count). The van der Waals surface area contributed by atoms with E-state index in [2.05, 4.69) is 41.9 Å². The van der Waals surface area contributed by atoms with E-state index in [9.17, 15) is 9.59 Å². The van der Waals surface area contributed by atoms with Gasteiger partial charge >= 0.3 is 0 Å². The van der Waals surface area contributed by atoms with Crippen molar-refractivity contribution in [2.45, 2.75) is 63.1 Å². The Morgan fingerprint density at radius 2 is 1.97 bits per heavy atom. The first kappa shape index (κ1) is 23.6. The van der Waals surface area contributed by atoms with Crippen molar-refractivity contribution in [2.24, 2.45) is 0 Å². The van der Waals surface area contributed by atoms with Crippen LogP contribution >= 0.6 is 23.1 Å². The first-order valence-corrected chi connectivity index (χ1v) is 14.0. The number of hydrogen-bond acceptors (Lipinski definition) is 6. The molecule has 1 atom stereocenters. The zero-order chi connectivity index (χ0) is 23.8. The number of aryl methyl sites for hydroxylation is 3. The Morgan fingerprint density at radius 3 is 2.76 bits per heavy atom. The number of amides is 1. The number of nitrogens with one attached hydrogen (secondary N) is 1. The highest BCUT2D eigenvalue weighted by Gasteiger charge is 2.33. The maximum absolute atomic E-state index is 13.6. The molecule has 4 heterocycles. The number of carbonyl (C=O) groups is 1. The summed E-state index contributed by atoms with van der Waals surface area (Å²) in [7, 11) is 0. The number of thiophene rings is 1. The molecule has 6 nitrogen and oxygen atoms in total. The molecule has 0 aliphatic carbocycles. The number of nitrogens with zero attached hydrogens (tertiary/aromatic N) is 3. The number of likely N-dealkylation sites (tertiary alicyclic amines) is 2. The highest BCUT2D eigenvalue weighted by atomic mass is 32.2. The van der Waals surface area contributed by atoms with Gasteiger partial charge in [0, 0.05) is 24.0 Å². The van der Waals surface area contributed by atoms with Crippen LogP contribution in [0.2, 0.25) is 0 Å². The maximum atomic E-state index is 13.6. The number of carbonyl (C=O) groups excluding carboxylic acids is 1. The number of aromatic amines is 1. The molecule has 2 aliphatic rings. The van der Waals surface area contributed by atoms with Crippen molar-refractivity contribution in [3.05, 3.63) is 55.9 Å². The normalized spacial score (nSPS) is 18.9. The lowest BCUT2D eigenvalue weighted by Gasteiger charge is -2.28. The third kappa shape index (κ3) is 4.68. The van der Waals surface area contributed by atoms with Gasteiger partial charge in [-0.25, -0.2) is 4.98 Å². The van der Waals surface area contributed by atoms with E-state index in [1.54, 1.807) is 11.8 Å². The van der Waals surface area contributed by atoms with Crippen molar-refractivity contribution in [2.75, 3.05) is 26.2 Å². The highest BCUT2D eigenvalue weighted by Crippen LogP contribution is 2.32. The van der Waals surface area contributed by atoms with Crippen LogP contribution in [0.5, 0.6) is 0 Å². The van der Waals surface area contributed by atoms with E-state index < -0.39 is 0 Å². The summed E-state index contributed by atoms with van der Waals surface area (Å²) in [6, 6.07) is 6.66. The molecule has 0 spiro atoms. The van der Waals surface area contributed by atoms with Gasteiger partial charge < -0.3 is 14.8 Å². The predicted molar refractivity (Wildman–Crippen MR) is 140 cm³/mol. The Morgan fingerprint density at radius 1 is 1.18 bits per heavy atom. The minimum absolute atomic E-state index is 0.0629. The zero-order valence-electron chi connectivity index (χ0n) is 20.1. The monoisotopic (exact) mass is 496 g/mol. The second-order valence-electron chi connectivity index (χ2n) is 9.61. The molecule has 3 aromatic rings. The molecule has 0 radical (unpaired) electrons. The smallest absolute Gasteiger partial charge is 0.264 e. The van der Waals surface area contributed by atoms with E-state index in [1.807, 2.05) is 11.8 Å². The van der Waals surface area contributed by atoms with Crippen LogP contribution in [0.25, 0.3) is 10.2 Å². The van der Waals surface area contributed by atoms with Crippen LogP contribution in [-0.4, -0.2) is 57.9 Å². The molecule has 2 saturated heterocycles. The Bertz CT molecular complexity index is 1280. The summed E-state index contributed by atoms with van der Waals surface area (Å²) in [5.41, 5.74) is 3.05. The van der Waals surface area contributed by atoms with Gasteiger partial charge in [0.1, 0.15) is 10.7 Å². The van der Waals surface area contributed by atoms with Crippen molar-refractivity contribution < 1.29 is 4.79 Å². The van der Waals surface area contributed by atoms with E-state index in [0.717, 1.165) is 44.6 Å². The summed E-state index contributed by atoms with van der Waals surface area (Å²) in [5, 5.41) is 0.559. The summed E-state index contributed by atoms with van der Waals surface area (Å²) in [6.07, 6.45) is 4.63. The van der Waals surface area contributed by atoms with E-state index in [-0.39, 0.29) is 17.5 Å². The topological polar surface area (TPSA) is 69.3 Å². The lowest BCUT2D eigenvalue weighted by Crippen LogP contribution is -2.42. The van der Waals surface area contributed by atoms with Crippen LogP contribution in [0.4, 0.5) is 0 Å². The molecule has 1 N–H and O–H groups in total. The molecule has 180 valence electrons. The van der Waals surface area contributed by atoms with E-state index >= 15 is 0 Å². The van der Waals surface area contributed by atoms with Gasteiger partial charge in [0.15, 0.2) is 0 Å². The van der Waals surface area contributed by atoms with Gasteiger partial charge in [0.05, 0.1) is 16.0 Å². The summed E-state index contributed by atoms with van der Waals surface area (Å²) < 4.78 is 0. The predicted octanol–water partition coefficient (Wildman–Crippen LogP) is 4.90. The van der Waals surface area contributed by atoms with E-state index in [4.69, 9.17) is 4.98 Å². The van der Waals surface area contributed by atoms with Crippen molar-refractivity contribution in [3.63, 3.8) is 0 Å². The Balaban J connectivity index is 1.38. The summed E-state index contributed by atoms with van der Waals surface area (Å²) in [4.78, 5) is 41.3. The maximum Gasteiger partial charge on any atom is 0.264 e. The summed E-state index contributed by atoms with van der Waals surface area (Å²) in [6.45, 7) is 10.1. The number of fused-ring (bicyclic) bond motifs is 1. The molecular weight excluding hydrogens is 464 g/mol. The van der Waals surface area contributed by atoms with Gasteiger partial charge in [-0.2, -0.15) is 0 Å². The lowest BCUT2D eigenvalue weighted by molar-refractivity contribution is 0.0713. The molecule has 0 bridgehead atoms. The van der Waals surface area contributed by atoms with Crippen LogP contribution in [0.15, 0.2) is 27.9 Å². The molecule has 2 aliphatic heterocycles.